The van der Waals surface area contributed by atoms with Crippen molar-refractivity contribution >= 4 is 6.09 Å². The second-order valence-electron chi connectivity index (χ2n) is 5.28. The Labute approximate surface area is 122 Å². The smallest absolute Gasteiger partial charge is 0.410 e. The average Bonchev–Trinajstić information content (AvgIpc) is 2.53. The first-order valence-electron chi connectivity index (χ1n) is 7.07. The van der Waals surface area contributed by atoms with Crippen LogP contribution in [0.1, 0.15) is 18.4 Å². The summed E-state index contributed by atoms with van der Waals surface area (Å²) in [4.78, 5) is 13.5. The molecule has 21 heavy (non-hydrogen) atoms. The van der Waals surface area contributed by atoms with Gasteiger partial charge in [0, 0.05) is 13.1 Å². The molecule has 0 radical (unpaired) electrons. The Balaban J connectivity index is 1.75. The molecule has 116 valence electrons. The van der Waals surface area contributed by atoms with Gasteiger partial charge in [-0.15, -0.1) is 0 Å². The highest BCUT2D eigenvalue weighted by Crippen LogP contribution is 2.23. The van der Waals surface area contributed by atoms with Crippen molar-refractivity contribution in [2.75, 3.05) is 13.1 Å². The Morgan fingerprint density at radius 3 is 2.48 bits per heavy atom. The molecule has 0 aromatic heterocycles. The van der Waals surface area contributed by atoms with Crippen molar-refractivity contribution < 1.29 is 18.3 Å². The van der Waals surface area contributed by atoms with E-state index in [0.717, 1.165) is 5.56 Å². The number of halogens is 2. The van der Waals surface area contributed by atoms with E-state index in [9.17, 15) is 13.6 Å². The van der Waals surface area contributed by atoms with E-state index >= 15 is 0 Å². The molecule has 1 atom stereocenters. The number of likely N-dealkylation sites (tertiary alicyclic amines) is 1. The van der Waals surface area contributed by atoms with Gasteiger partial charge in [-0.2, -0.15) is 0 Å². The molecular formula is C15H20F2N2O2. The summed E-state index contributed by atoms with van der Waals surface area (Å²) >= 11 is 0. The standard InChI is InChI=1S/C15H20F2N2O2/c16-14(17)13(18)12-6-8-19(9-7-12)15(20)21-10-11-4-2-1-3-5-11/h1-5,12-14H,6-10,18H2/t13-/m1/s1. The molecule has 1 saturated heterocycles. The molecule has 1 aromatic rings. The zero-order chi connectivity index (χ0) is 15.2. The Kier molecular flexibility index (Phi) is 5.50. The van der Waals surface area contributed by atoms with Gasteiger partial charge >= 0.3 is 6.09 Å². The van der Waals surface area contributed by atoms with Crippen molar-refractivity contribution in [3.63, 3.8) is 0 Å². The minimum atomic E-state index is -2.51. The van der Waals surface area contributed by atoms with Crippen molar-refractivity contribution in [3.8, 4) is 0 Å². The molecule has 0 spiro atoms. The third-order valence-corrected chi connectivity index (χ3v) is 3.84. The van der Waals surface area contributed by atoms with Crippen LogP contribution >= 0.6 is 0 Å². The molecule has 4 nitrogen and oxygen atoms in total. The number of benzene rings is 1. The first-order valence-corrected chi connectivity index (χ1v) is 7.07. The number of carbonyl (C=O) groups is 1. The monoisotopic (exact) mass is 298 g/mol. The Morgan fingerprint density at radius 1 is 1.29 bits per heavy atom. The fourth-order valence-electron chi connectivity index (χ4n) is 2.48. The normalized spacial score (nSPS) is 17.8. The highest BCUT2D eigenvalue weighted by Gasteiger charge is 2.31. The lowest BCUT2D eigenvalue weighted by Crippen LogP contribution is -2.46. The van der Waals surface area contributed by atoms with Crippen LogP contribution < -0.4 is 5.73 Å². The number of hydrogen-bond acceptors (Lipinski definition) is 3. The summed E-state index contributed by atoms with van der Waals surface area (Å²) in [6, 6.07) is 8.29. The van der Waals surface area contributed by atoms with Crippen LogP contribution in [0.2, 0.25) is 0 Å². The first kappa shape index (κ1) is 15.7. The SMILES string of the molecule is N[C@@H](C(F)F)C1CCN(C(=O)OCc2ccccc2)CC1. The largest absolute Gasteiger partial charge is 0.445 e. The van der Waals surface area contributed by atoms with Crippen LogP contribution in [0, 0.1) is 5.92 Å². The Bertz CT molecular complexity index is 448. The molecule has 1 aliphatic heterocycles. The van der Waals surface area contributed by atoms with Gasteiger partial charge in [0.25, 0.3) is 6.43 Å². The van der Waals surface area contributed by atoms with Crippen LogP contribution in [-0.2, 0) is 11.3 Å². The van der Waals surface area contributed by atoms with Crippen molar-refractivity contribution in [1.82, 2.24) is 4.90 Å². The molecule has 6 heteroatoms. The van der Waals surface area contributed by atoms with E-state index in [0.29, 0.717) is 25.9 Å². The van der Waals surface area contributed by atoms with Crippen molar-refractivity contribution in [2.24, 2.45) is 11.7 Å². The summed E-state index contributed by atoms with van der Waals surface area (Å²) < 4.78 is 30.3. The minimum absolute atomic E-state index is 0.218. The zero-order valence-electron chi connectivity index (χ0n) is 11.8. The Morgan fingerprint density at radius 2 is 1.90 bits per heavy atom. The van der Waals surface area contributed by atoms with Crippen LogP contribution in [0.3, 0.4) is 0 Å². The average molecular weight is 298 g/mol. The second kappa shape index (κ2) is 7.36. The topological polar surface area (TPSA) is 55.6 Å². The van der Waals surface area contributed by atoms with Gasteiger partial charge in [0.1, 0.15) is 6.61 Å². The van der Waals surface area contributed by atoms with E-state index in [-0.39, 0.29) is 12.5 Å². The molecule has 0 unspecified atom stereocenters. The number of hydrogen-bond donors (Lipinski definition) is 1. The van der Waals surface area contributed by atoms with E-state index in [4.69, 9.17) is 10.5 Å². The van der Waals surface area contributed by atoms with Gasteiger partial charge in [0.15, 0.2) is 0 Å². The molecule has 1 heterocycles. The highest BCUT2D eigenvalue weighted by atomic mass is 19.3. The van der Waals surface area contributed by atoms with Crippen LogP contribution in [0.15, 0.2) is 30.3 Å². The lowest BCUT2D eigenvalue weighted by molar-refractivity contribution is 0.0517. The number of alkyl halides is 2. The molecule has 1 aliphatic rings. The minimum Gasteiger partial charge on any atom is -0.445 e. The van der Waals surface area contributed by atoms with E-state index in [1.54, 1.807) is 4.90 Å². The van der Waals surface area contributed by atoms with E-state index in [1.165, 1.54) is 0 Å². The summed E-state index contributed by atoms with van der Waals surface area (Å²) in [6.45, 7) is 1.05. The molecule has 1 fully saturated rings. The Hall–Kier alpha value is -1.69. The van der Waals surface area contributed by atoms with Crippen molar-refractivity contribution in [3.05, 3.63) is 35.9 Å². The van der Waals surface area contributed by atoms with Crippen molar-refractivity contribution in [2.45, 2.75) is 31.9 Å². The number of amides is 1. The summed E-state index contributed by atoms with van der Waals surface area (Å²) in [7, 11) is 0. The zero-order valence-corrected chi connectivity index (χ0v) is 11.8. The van der Waals surface area contributed by atoms with Gasteiger partial charge in [-0.1, -0.05) is 30.3 Å². The van der Waals surface area contributed by atoms with E-state index < -0.39 is 18.6 Å². The quantitative estimate of drug-likeness (QED) is 0.929. The third kappa shape index (κ3) is 4.39. The molecule has 1 aromatic carbocycles. The number of nitrogens with zero attached hydrogens (tertiary/aromatic N) is 1. The number of nitrogens with two attached hydrogens (primary N) is 1. The maximum Gasteiger partial charge on any atom is 0.410 e. The maximum atomic E-state index is 12.5. The van der Waals surface area contributed by atoms with Gasteiger partial charge in [-0.05, 0) is 24.3 Å². The van der Waals surface area contributed by atoms with E-state index in [1.807, 2.05) is 30.3 Å². The number of ether oxygens (including phenoxy) is 1. The summed E-state index contributed by atoms with van der Waals surface area (Å²) in [5.41, 5.74) is 6.38. The predicted octanol–water partition coefficient (Wildman–Crippen LogP) is 2.63. The second-order valence-corrected chi connectivity index (χ2v) is 5.28. The van der Waals surface area contributed by atoms with E-state index in [2.05, 4.69) is 0 Å². The maximum absolute atomic E-state index is 12.5. The van der Waals surface area contributed by atoms with Gasteiger partial charge in [-0.25, -0.2) is 13.6 Å². The highest BCUT2D eigenvalue weighted by molar-refractivity contribution is 5.67. The lowest BCUT2D eigenvalue weighted by atomic mass is 9.90. The number of piperidine rings is 1. The molecule has 0 bridgehead atoms. The van der Waals surface area contributed by atoms with Gasteiger partial charge in [-0.3, -0.25) is 0 Å². The van der Waals surface area contributed by atoms with Crippen LogP contribution in [0.4, 0.5) is 13.6 Å². The lowest BCUT2D eigenvalue weighted by Gasteiger charge is -2.33. The van der Waals surface area contributed by atoms with Crippen LogP contribution in [-0.4, -0.2) is 36.5 Å². The van der Waals surface area contributed by atoms with Crippen molar-refractivity contribution in [1.29, 1.82) is 0 Å². The van der Waals surface area contributed by atoms with Crippen LogP contribution in [0.5, 0.6) is 0 Å². The predicted molar refractivity (Wildman–Crippen MR) is 74.9 cm³/mol. The number of rotatable bonds is 4. The summed E-state index contributed by atoms with van der Waals surface area (Å²) in [5, 5.41) is 0. The molecule has 2 N–H and O–H groups in total. The molecular weight excluding hydrogens is 278 g/mol. The summed E-state index contributed by atoms with van der Waals surface area (Å²) in [5.74, 6) is -0.233. The molecule has 2 rings (SSSR count). The molecule has 0 aliphatic carbocycles. The fraction of sp³-hybridized carbons (Fsp3) is 0.533. The molecule has 0 saturated carbocycles. The van der Waals surface area contributed by atoms with Gasteiger partial charge < -0.3 is 15.4 Å². The molecule has 1 amide bonds. The summed E-state index contributed by atoms with van der Waals surface area (Å²) in [6.07, 6.45) is -1.92. The first-order chi connectivity index (χ1) is 10.1. The van der Waals surface area contributed by atoms with Gasteiger partial charge in [0.05, 0.1) is 6.04 Å². The van der Waals surface area contributed by atoms with Crippen LogP contribution in [0.25, 0.3) is 0 Å². The van der Waals surface area contributed by atoms with Gasteiger partial charge in [0.2, 0.25) is 0 Å². The number of carbonyl (C=O) groups excluding carboxylic acids is 1. The third-order valence-electron chi connectivity index (χ3n) is 3.84. The fourth-order valence-corrected chi connectivity index (χ4v) is 2.48.